The fourth-order valence-electron chi connectivity index (χ4n) is 2.76. The molecule has 1 heterocycles. The lowest BCUT2D eigenvalue weighted by Crippen LogP contribution is -2.33. The Morgan fingerprint density at radius 2 is 2.00 bits per heavy atom. The molecule has 20 heavy (non-hydrogen) atoms. The number of carbonyl (C=O) groups excluding carboxylic acids is 1. The molecule has 2 rings (SSSR count). The van der Waals surface area contributed by atoms with Gasteiger partial charge in [-0.1, -0.05) is 25.5 Å². The van der Waals surface area contributed by atoms with Crippen molar-refractivity contribution in [2.45, 2.75) is 45.2 Å². The van der Waals surface area contributed by atoms with Gasteiger partial charge < -0.3 is 15.4 Å². The molecule has 2 atom stereocenters. The van der Waals surface area contributed by atoms with E-state index in [-0.39, 0.29) is 18.0 Å². The average molecular weight is 276 g/mol. The molecule has 1 amide bonds. The monoisotopic (exact) mass is 276 g/mol. The number of hydrogen-bond donors (Lipinski definition) is 1. The van der Waals surface area contributed by atoms with Crippen molar-refractivity contribution < 1.29 is 9.53 Å². The van der Waals surface area contributed by atoms with Crippen LogP contribution in [0.25, 0.3) is 0 Å². The number of unbranched alkanes of at least 4 members (excludes halogenated alkanes) is 1. The Labute approximate surface area is 120 Å². The zero-order valence-corrected chi connectivity index (χ0v) is 12.3. The van der Waals surface area contributed by atoms with Gasteiger partial charge in [0.2, 0.25) is 5.91 Å². The lowest BCUT2D eigenvalue weighted by atomic mass is 10.0. The molecule has 1 saturated heterocycles. The number of nitrogens with zero attached hydrogens (tertiary/aromatic N) is 1. The minimum atomic E-state index is -0.114. The summed E-state index contributed by atoms with van der Waals surface area (Å²) in [6, 6.07) is 7.83. The summed E-state index contributed by atoms with van der Waals surface area (Å²) >= 11 is 0. The van der Waals surface area contributed by atoms with Gasteiger partial charge in [-0.05, 0) is 31.0 Å². The number of likely N-dealkylation sites (tertiary alicyclic amines) is 1. The molecule has 1 aromatic rings. The lowest BCUT2D eigenvalue weighted by Gasteiger charge is -2.27. The smallest absolute Gasteiger partial charge is 0.224 e. The second kappa shape index (κ2) is 6.75. The van der Waals surface area contributed by atoms with E-state index in [1.54, 1.807) is 0 Å². The zero-order valence-electron chi connectivity index (χ0n) is 12.3. The number of rotatable bonds is 6. The molecule has 0 aliphatic carbocycles. The van der Waals surface area contributed by atoms with Crippen LogP contribution in [-0.4, -0.2) is 30.0 Å². The van der Waals surface area contributed by atoms with Crippen molar-refractivity contribution in [2.24, 2.45) is 5.73 Å². The molecule has 2 unspecified atom stereocenters. The molecule has 110 valence electrons. The van der Waals surface area contributed by atoms with Gasteiger partial charge in [0.25, 0.3) is 0 Å². The number of ether oxygens (including phenoxy) is 1. The maximum Gasteiger partial charge on any atom is 0.224 e. The summed E-state index contributed by atoms with van der Waals surface area (Å²) in [6.07, 6.45) is 2.54. The molecule has 1 aliphatic heterocycles. The average Bonchev–Trinajstić information content (AvgIpc) is 2.72. The molecule has 2 N–H and O–H groups in total. The van der Waals surface area contributed by atoms with E-state index < -0.39 is 0 Å². The molecule has 1 aliphatic rings. The number of nitrogens with two attached hydrogens (primary N) is 1. The van der Waals surface area contributed by atoms with E-state index in [9.17, 15) is 4.79 Å². The van der Waals surface area contributed by atoms with Crippen LogP contribution in [0.5, 0.6) is 5.75 Å². The van der Waals surface area contributed by atoms with Gasteiger partial charge >= 0.3 is 0 Å². The van der Waals surface area contributed by atoms with E-state index in [0.29, 0.717) is 13.0 Å². The summed E-state index contributed by atoms with van der Waals surface area (Å²) in [5, 5.41) is 0. The molecule has 0 aromatic heterocycles. The zero-order chi connectivity index (χ0) is 14.5. The van der Waals surface area contributed by atoms with Gasteiger partial charge in [0.05, 0.1) is 12.6 Å². The minimum absolute atomic E-state index is 0.00438. The van der Waals surface area contributed by atoms with Crippen LogP contribution in [0, 0.1) is 0 Å². The largest absolute Gasteiger partial charge is 0.494 e. The van der Waals surface area contributed by atoms with Crippen LogP contribution >= 0.6 is 0 Å². The first kappa shape index (κ1) is 14.9. The summed E-state index contributed by atoms with van der Waals surface area (Å²) in [5.41, 5.74) is 7.27. The van der Waals surface area contributed by atoms with Gasteiger partial charge in [-0.2, -0.15) is 0 Å². The number of benzene rings is 1. The highest BCUT2D eigenvalue weighted by atomic mass is 16.5. The number of amides is 1. The third-order valence-electron chi connectivity index (χ3n) is 3.76. The van der Waals surface area contributed by atoms with Crippen LogP contribution in [0.15, 0.2) is 24.3 Å². The normalized spacial score (nSPS) is 22.4. The van der Waals surface area contributed by atoms with Crippen molar-refractivity contribution >= 4 is 5.91 Å². The molecule has 1 aromatic carbocycles. The molecule has 1 fully saturated rings. The standard InChI is InChI=1S/C16H24N2O2/c1-3-5-10-18-15(19)11-14(17)16(18)12-6-8-13(9-7-12)20-4-2/h6-9,14,16H,3-5,10-11,17H2,1-2H3. The van der Waals surface area contributed by atoms with Crippen LogP contribution in [0.1, 0.15) is 44.7 Å². The fraction of sp³-hybridized carbons (Fsp3) is 0.562. The van der Waals surface area contributed by atoms with E-state index in [1.807, 2.05) is 36.1 Å². The lowest BCUT2D eigenvalue weighted by molar-refractivity contribution is -0.129. The highest BCUT2D eigenvalue weighted by molar-refractivity contribution is 5.80. The summed E-state index contributed by atoms with van der Waals surface area (Å²) in [4.78, 5) is 14.0. The van der Waals surface area contributed by atoms with Crippen LogP contribution in [0.2, 0.25) is 0 Å². The molecular formula is C16H24N2O2. The molecule has 0 bridgehead atoms. The number of carbonyl (C=O) groups is 1. The van der Waals surface area contributed by atoms with Crippen LogP contribution in [0.4, 0.5) is 0 Å². The summed E-state index contributed by atoms with van der Waals surface area (Å²) < 4.78 is 5.45. The van der Waals surface area contributed by atoms with E-state index >= 15 is 0 Å². The molecule has 4 heteroatoms. The number of hydrogen-bond acceptors (Lipinski definition) is 3. The topological polar surface area (TPSA) is 55.6 Å². The summed E-state index contributed by atoms with van der Waals surface area (Å²) in [7, 11) is 0. The van der Waals surface area contributed by atoms with E-state index in [4.69, 9.17) is 10.5 Å². The van der Waals surface area contributed by atoms with Gasteiger partial charge in [-0.25, -0.2) is 0 Å². The quantitative estimate of drug-likeness (QED) is 0.868. The molecular weight excluding hydrogens is 252 g/mol. The third-order valence-corrected chi connectivity index (χ3v) is 3.76. The van der Waals surface area contributed by atoms with Gasteiger partial charge in [0.15, 0.2) is 0 Å². The first-order valence-corrected chi connectivity index (χ1v) is 7.45. The third kappa shape index (κ3) is 3.12. The first-order chi connectivity index (χ1) is 9.67. The molecule has 4 nitrogen and oxygen atoms in total. The van der Waals surface area contributed by atoms with Crippen molar-refractivity contribution in [2.75, 3.05) is 13.2 Å². The van der Waals surface area contributed by atoms with Crippen LogP contribution in [0.3, 0.4) is 0 Å². The Hall–Kier alpha value is -1.55. The van der Waals surface area contributed by atoms with E-state index in [0.717, 1.165) is 30.7 Å². The highest BCUT2D eigenvalue weighted by Gasteiger charge is 2.37. The van der Waals surface area contributed by atoms with Crippen LogP contribution < -0.4 is 10.5 Å². The summed E-state index contributed by atoms with van der Waals surface area (Å²) in [6.45, 7) is 5.54. The predicted octanol–water partition coefficient (Wildman–Crippen LogP) is 2.49. The molecule has 0 saturated carbocycles. The van der Waals surface area contributed by atoms with Crippen molar-refractivity contribution in [3.63, 3.8) is 0 Å². The molecule has 0 spiro atoms. The predicted molar refractivity (Wildman–Crippen MR) is 79.6 cm³/mol. The SMILES string of the molecule is CCCCN1C(=O)CC(N)C1c1ccc(OCC)cc1. The Morgan fingerprint density at radius 3 is 2.60 bits per heavy atom. The van der Waals surface area contributed by atoms with Gasteiger partial charge in [-0.15, -0.1) is 0 Å². The van der Waals surface area contributed by atoms with Crippen molar-refractivity contribution in [3.8, 4) is 5.75 Å². The van der Waals surface area contributed by atoms with E-state index in [1.165, 1.54) is 0 Å². The van der Waals surface area contributed by atoms with Crippen LogP contribution in [-0.2, 0) is 4.79 Å². The minimum Gasteiger partial charge on any atom is -0.494 e. The Bertz CT molecular complexity index is 444. The van der Waals surface area contributed by atoms with Gasteiger partial charge in [-0.3, -0.25) is 4.79 Å². The van der Waals surface area contributed by atoms with Crippen molar-refractivity contribution in [1.82, 2.24) is 4.90 Å². The Balaban J connectivity index is 2.16. The Kier molecular flexibility index (Phi) is 5.01. The highest BCUT2D eigenvalue weighted by Crippen LogP contribution is 2.33. The second-order valence-electron chi connectivity index (χ2n) is 5.26. The van der Waals surface area contributed by atoms with Crippen molar-refractivity contribution in [1.29, 1.82) is 0 Å². The van der Waals surface area contributed by atoms with E-state index in [2.05, 4.69) is 6.92 Å². The maximum atomic E-state index is 12.1. The van der Waals surface area contributed by atoms with Gasteiger partial charge in [0, 0.05) is 19.0 Å². The first-order valence-electron chi connectivity index (χ1n) is 7.45. The van der Waals surface area contributed by atoms with Gasteiger partial charge in [0.1, 0.15) is 5.75 Å². The fourth-order valence-corrected chi connectivity index (χ4v) is 2.76. The Morgan fingerprint density at radius 1 is 1.30 bits per heavy atom. The second-order valence-corrected chi connectivity index (χ2v) is 5.26. The van der Waals surface area contributed by atoms with Crippen molar-refractivity contribution in [3.05, 3.63) is 29.8 Å². The molecule has 0 radical (unpaired) electrons. The summed E-state index contributed by atoms with van der Waals surface area (Å²) in [5.74, 6) is 1.03. The maximum absolute atomic E-state index is 12.1.